The quantitative estimate of drug-likeness (QED) is 0.766. The van der Waals surface area contributed by atoms with E-state index in [-0.39, 0.29) is 12.5 Å². The first-order chi connectivity index (χ1) is 8.17. The largest absolute Gasteiger partial charge is 0.465 e. The number of nitrogens with zero attached hydrogens (tertiary/aromatic N) is 2. The molecule has 5 nitrogen and oxygen atoms in total. The lowest BCUT2D eigenvalue weighted by molar-refractivity contribution is -0.140. The van der Waals surface area contributed by atoms with Crippen LogP contribution in [-0.4, -0.2) is 29.1 Å². The Kier molecular flexibility index (Phi) is 5.39. The molecule has 0 radical (unpaired) electrons. The number of anilines is 1. The van der Waals surface area contributed by atoms with Crippen molar-refractivity contribution >= 4 is 11.8 Å². The molecule has 1 heterocycles. The van der Waals surface area contributed by atoms with E-state index in [4.69, 9.17) is 4.74 Å². The van der Waals surface area contributed by atoms with Crippen molar-refractivity contribution < 1.29 is 9.53 Å². The van der Waals surface area contributed by atoms with Gasteiger partial charge in [-0.1, -0.05) is 13.8 Å². The van der Waals surface area contributed by atoms with E-state index in [1.54, 1.807) is 6.92 Å². The fraction of sp³-hybridized carbons (Fsp3) is 0.583. The van der Waals surface area contributed by atoms with Crippen LogP contribution in [0.4, 0.5) is 5.82 Å². The van der Waals surface area contributed by atoms with Crippen LogP contribution in [-0.2, 0) is 9.53 Å². The molecule has 0 aliphatic heterocycles. The summed E-state index contributed by atoms with van der Waals surface area (Å²) in [5.74, 6) is 0.765. The molecule has 0 amide bonds. The van der Waals surface area contributed by atoms with Gasteiger partial charge in [0.05, 0.1) is 6.61 Å². The zero-order chi connectivity index (χ0) is 12.7. The van der Waals surface area contributed by atoms with Crippen molar-refractivity contribution in [3.05, 3.63) is 18.1 Å². The van der Waals surface area contributed by atoms with Gasteiger partial charge >= 0.3 is 5.97 Å². The van der Waals surface area contributed by atoms with Gasteiger partial charge in [-0.05, 0) is 19.3 Å². The van der Waals surface area contributed by atoms with E-state index < -0.39 is 0 Å². The van der Waals surface area contributed by atoms with Gasteiger partial charge in [0.1, 0.15) is 18.7 Å². The summed E-state index contributed by atoms with van der Waals surface area (Å²) in [5.41, 5.74) is 0.980. The predicted molar refractivity (Wildman–Crippen MR) is 65.9 cm³/mol. The second-order valence-corrected chi connectivity index (χ2v) is 3.80. The number of carbonyl (C=O) groups excluding carboxylic acids is 1. The van der Waals surface area contributed by atoms with Crippen LogP contribution in [0.15, 0.2) is 12.4 Å². The number of hydrogen-bond acceptors (Lipinski definition) is 5. The topological polar surface area (TPSA) is 64.1 Å². The standard InChI is InChI=1S/C12H19N3O2/c1-4-9(3)10-6-11(15-8-14-10)13-7-12(16)17-5-2/h6,8-9H,4-5,7H2,1-3H3,(H,13,14,15). The highest BCUT2D eigenvalue weighted by atomic mass is 16.5. The van der Waals surface area contributed by atoms with E-state index in [0.717, 1.165) is 12.1 Å². The molecule has 17 heavy (non-hydrogen) atoms. The summed E-state index contributed by atoms with van der Waals surface area (Å²) in [5, 5.41) is 2.92. The molecule has 1 N–H and O–H groups in total. The van der Waals surface area contributed by atoms with Crippen molar-refractivity contribution in [3.8, 4) is 0 Å². The van der Waals surface area contributed by atoms with E-state index in [1.165, 1.54) is 6.33 Å². The zero-order valence-corrected chi connectivity index (χ0v) is 10.6. The summed E-state index contributed by atoms with van der Waals surface area (Å²) < 4.78 is 4.82. The van der Waals surface area contributed by atoms with Gasteiger partial charge in [-0.25, -0.2) is 9.97 Å². The Balaban J connectivity index is 2.57. The Hall–Kier alpha value is -1.65. The van der Waals surface area contributed by atoms with Crippen molar-refractivity contribution in [2.75, 3.05) is 18.5 Å². The van der Waals surface area contributed by atoms with E-state index in [2.05, 4.69) is 29.1 Å². The maximum atomic E-state index is 11.2. The second-order valence-electron chi connectivity index (χ2n) is 3.80. The number of nitrogens with one attached hydrogen (secondary N) is 1. The molecule has 0 bridgehead atoms. The number of hydrogen-bond donors (Lipinski definition) is 1. The average Bonchev–Trinajstić information content (AvgIpc) is 2.36. The third kappa shape index (κ3) is 4.38. The third-order valence-corrected chi connectivity index (χ3v) is 2.52. The summed E-state index contributed by atoms with van der Waals surface area (Å²) in [6, 6.07) is 1.87. The molecule has 0 aliphatic rings. The maximum Gasteiger partial charge on any atom is 0.325 e. The van der Waals surface area contributed by atoms with Crippen LogP contribution in [0.25, 0.3) is 0 Å². The highest BCUT2D eigenvalue weighted by Crippen LogP contribution is 2.17. The molecule has 1 unspecified atom stereocenters. The molecule has 0 aromatic carbocycles. The van der Waals surface area contributed by atoms with Gasteiger partial charge in [-0.3, -0.25) is 4.79 Å². The Morgan fingerprint density at radius 3 is 2.88 bits per heavy atom. The minimum absolute atomic E-state index is 0.130. The van der Waals surface area contributed by atoms with Crippen molar-refractivity contribution in [2.45, 2.75) is 33.1 Å². The number of esters is 1. The van der Waals surface area contributed by atoms with Crippen LogP contribution in [0.3, 0.4) is 0 Å². The number of carbonyl (C=O) groups is 1. The van der Waals surface area contributed by atoms with Gasteiger partial charge in [0.15, 0.2) is 0 Å². The Bertz CT molecular complexity index is 369. The summed E-state index contributed by atoms with van der Waals surface area (Å²) in [6.45, 7) is 6.52. The first kappa shape index (κ1) is 13.4. The number of aromatic nitrogens is 2. The van der Waals surface area contributed by atoms with Crippen molar-refractivity contribution in [3.63, 3.8) is 0 Å². The van der Waals surface area contributed by atoms with Gasteiger partial charge in [-0.15, -0.1) is 0 Å². The predicted octanol–water partition coefficient (Wildman–Crippen LogP) is 1.97. The molecular weight excluding hydrogens is 218 g/mol. The molecule has 0 aliphatic carbocycles. The fourth-order valence-electron chi connectivity index (χ4n) is 1.32. The van der Waals surface area contributed by atoms with Crippen LogP contribution in [0, 0.1) is 0 Å². The molecule has 1 aromatic heterocycles. The molecule has 0 fully saturated rings. The molecular formula is C12H19N3O2. The monoisotopic (exact) mass is 237 g/mol. The van der Waals surface area contributed by atoms with Crippen LogP contribution >= 0.6 is 0 Å². The average molecular weight is 237 g/mol. The summed E-state index contributed by atoms with van der Waals surface area (Å²) in [4.78, 5) is 19.4. The SMILES string of the molecule is CCOC(=O)CNc1cc(C(C)CC)ncn1. The molecule has 0 spiro atoms. The van der Waals surface area contributed by atoms with Crippen LogP contribution in [0.2, 0.25) is 0 Å². The van der Waals surface area contributed by atoms with Gasteiger partial charge < -0.3 is 10.1 Å². The Morgan fingerprint density at radius 1 is 1.47 bits per heavy atom. The van der Waals surface area contributed by atoms with Gasteiger partial charge in [-0.2, -0.15) is 0 Å². The first-order valence-electron chi connectivity index (χ1n) is 5.88. The minimum Gasteiger partial charge on any atom is -0.465 e. The zero-order valence-electron chi connectivity index (χ0n) is 10.6. The molecule has 0 saturated heterocycles. The highest BCUT2D eigenvalue weighted by Gasteiger charge is 2.07. The van der Waals surface area contributed by atoms with Gasteiger partial charge in [0.25, 0.3) is 0 Å². The van der Waals surface area contributed by atoms with Crippen molar-refractivity contribution in [2.24, 2.45) is 0 Å². The third-order valence-electron chi connectivity index (χ3n) is 2.52. The summed E-state index contributed by atoms with van der Waals surface area (Å²) in [6.07, 6.45) is 2.53. The highest BCUT2D eigenvalue weighted by molar-refractivity contribution is 5.74. The van der Waals surface area contributed by atoms with Crippen LogP contribution in [0.5, 0.6) is 0 Å². The molecule has 1 aromatic rings. The minimum atomic E-state index is -0.281. The van der Waals surface area contributed by atoms with E-state index >= 15 is 0 Å². The van der Waals surface area contributed by atoms with Gasteiger partial charge in [0, 0.05) is 11.8 Å². The normalized spacial score (nSPS) is 11.9. The molecule has 94 valence electrons. The molecule has 1 atom stereocenters. The number of rotatable bonds is 6. The molecule has 1 rings (SSSR count). The summed E-state index contributed by atoms with van der Waals surface area (Å²) in [7, 11) is 0. The Labute approximate surface area is 102 Å². The number of ether oxygens (including phenoxy) is 1. The van der Waals surface area contributed by atoms with E-state index in [9.17, 15) is 4.79 Å². The molecule has 0 saturated carbocycles. The van der Waals surface area contributed by atoms with Crippen LogP contribution in [0.1, 0.15) is 38.8 Å². The lowest BCUT2D eigenvalue weighted by Gasteiger charge is -2.09. The van der Waals surface area contributed by atoms with Crippen molar-refractivity contribution in [1.82, 2.24) is 9.97 Å². The second kappa shape index (κ2) is 6.83. The van der Waals surface area contributed by atoms with Gasteiger partial charge in [0.2, 0.25) is 0 Å². The van der Waals surface area contributed by atoms with Crippen LogP contribution < -0.4 is 5.32 Å². The first-order valence-corrected chi connectivity index (χ1v) is 5.88. The van der Waals surface area contributed by atoms with Crippen molar-refractivity contribution in [1.29, 1.82) is 0 Å². The van der Waals surface area contributed by atoms with E-state index in [1.807, 2.05) is 6.07 Å². The Morgan fingerprint density at radius 2 is 2.24 bits per heavy atom. The molecule has 5 heteroatoms. The maximum absolute atomic E-state index is 11.2. The lowest BCUT2D eigenvalue weighted by Crippen LogP contribution is -2.17. The fourth-order valence-corrected chi connectivity index (χ4v) is 1.32. The smallest absolute Gasteiger partial charge is 0.325 e. The lowest BCUT2D eigenvalue weighted by atomic mass is 10.1. The van der Waals surface area contributed by atoms with E-state index in [0.29, 0.717) is 18.3 Å². The summed E-state index contributed by atoms with van der Waals surface area (Å²) >= 11 is 0.